The largest absolute Gasteiger partial charge is 0.379 e. The van der Waals surface area contributed by atoms with Gasteiger partial charge in [-0.3, -0.25) is 9.69 Å². The highest BCUT2D eigenvalue weighted by Crippen LogP contribution is 2.12. The predicted molar refractivity (Wildman–Crippen MR) is 74.4 cm³/mol. The number of nitrogens with zero attached hydrogens (tertiary/aromatic N) is 1. The van der Waals surface area contributed by atoms with Crippen LogP contribution >= 0.6 is 12.4 Å². The SMILES string of the molecule is CC(CN1CCOCC1)C(=O)c1cccc(F)c1.Cl. The smallest absolute Gasteiger partial charge is 0.167 e. The zero-order valence-corrected chi connectivity index (χ0v) is 11.8. The van der Waals surface area contributed by atoms with Gasteiger partial charge in [0.25, 0.3) is 0 Å². The standard InChI is InChI=1S/C14H18FNO2.ClH/c1-11(10-16-5-7-18-8-6-16)14(17)12-3-2-4-13(15)9-12;/h2-4,9,11H,5-8,10H2,1H3;1H. The van der Waals surface area contributed by atoms with E-state index in [-0.39, 0.29) is 29.9 Å². The summed E-state index contributed by atoms with van der Waals surface area (Å²) in [5.41, 5.74) is 0.454. The van der Waals surface area contributed by atoms with Gasteiger partial charge in [-0.25, -0.2) is 4.39 Å². The van der Waals surface area contributed by atoms with Crippen LogP contribution in [-0.4, -0.2) is 43.5 Å². The molecule has 0 saturated carbocycles. The average Bonchev–Trinajstić information content (AvgIpc) is 2.39. The fourth-order valence-corrected chi connectivity index (χ4v) is 2.18. The Hall–Kier alpha value is -0.970. The van der Waals surface area contributed by atoms with Gasteiger partial charge in [-0.05, 0) is 12.1 Å². The van der Waals surface area contributed by atoms with Crippen LogP contribution in [-0.2, 0) is 4.74 Å². The molecular weight excluding hydrogens is 269 g/mol. The van der Waals surface area contributed by atoms with Crippen molar-refractivity contribution in [3.8, 4) is 0 Å². The van der Waals surface area contributed by atoms with Crippen LogP contribution in [0.4, 0.5) is 4.39 Å². The Bertz CT molecular complexity index is 422. The van der Waals surface area contributed by atoms with Crippen molar-refractivity contribution in [3.63, 3.8) is 0 Å². The first-order chi connectivity index (χ1) is 8.66. The van der Waals surface area contributed by atoms with E-state index in [0.717, 1.165) is 26.3 Å². The molecule has 1 unspecified atom stereocenters. The average molecular weight is 288 g/mol. The summed E-state index contributed by atoms with van der Waals surface area (Å²) in [7, 11) is 0. The van der Waals surface area contributed by atoms with Crippen molar-refractivity contribution in [3.05, 3.63) is 35.6 Å². The lowest BCUT2D eigenvalue weighted by atomic mass is 9.98. The monoisotopic (exact) mass is 287 g/mol. The van der Waals surface area contributed by atoms with Gasteiger partial charge in [0.1, 0.15) is 5.82 Å². The quantitative estimate of drug-likeness (QED) is 0.797. The highest BCUT2D eigenvalue weighted by atomic mass is 35.5. The molecule has 1 fully saturated rings. The van der Waals surface area contributed by atoms with Gasteiger partial charge in [0.05, 0.1) is 13.2 Å². The third-order valence-corrected chi connectivity index (χ3v) is 3.19. The molecule has 0 amide bonds. The van der Waals surface area contributed by atoms with Crippen molar-refractivity contribution < 1.29 is 13.9 Å². The van der Waals surface area contributed by atoms with Crippen LogP contribution in [0.2, 0.25) is 0 Å². The van der Waals surface area contributed by atoms with E-state index in [1.165, 1.54) is 12.1 Å². The molecule has 2 rings (SSSR count). The van der Waals surface area contributed by atoms with Crippen molar-refractivity contribution in [2.45, 2.75) is 6.92 Å². The number of hydrogen-bond donors (Lipinski definition) is 0. The first-order valence-corrected chi connectivity index (χ1v) is 6.26. The molecule has 0 N–H and O–H groups in total. The Morgan fingerprint density at radius 2 is 2.11 bits per heavy atom. The molecule has 1 aromatic rings. The molecular formula is C14H19ClFNO2. The lowest BCUT2D eigenvalue weighted by molar-refractivity contribution is 0.0313. The normalized spacial score (nSPS) is 17.6. The van der Waals surface area contributed by atoms with Gasteiger partial charge in [0.15, 0.2) is 5.78 Å². The molecule has 0 spiro atoms. The number of halogens is 2. The number of Topliss-reactive ketones (excluding diaryl/α,β-unsaturated/α-hetero) is 1. The molecule has 1 saturated heterocycles. The second-order valence-electron chi connectivity index (χ2n) is 4.69. The number of carbonyl (C=O) groups excluding carboxylic acids is 1. The highest BCUT2D eigenvalue weighted by molar-refractivity contribution is 5.97. The van der Waals surface area contributed by atoms with E-state index in [0.29, 0.717) is 12.1 Å². The summed E-state index contributed by atoms with van der Waals surface area (Å²) in [6.45, 7) is 5.77. The maximum absolute atomic E-state index is 13.1. The summed E-state index contributed by atoms with van der Waals surface area (Å²) in [5, 5.41) is 0. The maximum Gasteiger partial charge on any atom is 0.167 e. The molecule has 1 aliphatic rings. The zero-order valence-electron chi connectivity index (χ0n) is 11.0. The molecule has 0 radical (unpaired) electrons. The number of ether oxygens (including phenoxy) is 1. The molecule has 106 valence electrons. The Kier molecular flexibility index (Phi) is 6.42. The molecule has 1 aromatic carbocycles. The van der Waals surface area contributed by atoms with Crippen LogP contribution < -0.4 is 0 Å². The Labute approximate surface area is 119 Å². The van der Waals surface area contributed by atoms with Crippen molar-refractivity contribution in [1.82, 2.24) is 4.90 Å². The molecule has 1 aliphatic heterocycles. The van der Waals surface area contributed by atoms with E-state index in [1.54, 1.807) is 12.1 Å². The lowest BCUT2D eigenvalue weighted by Crippen LogP contribution is -2.40. The van der Waals surface area contributed by atoms with E-state index in [4.69, 9.17) is 4.74 Å². The Morgan fingerprint density at radius 1 is 1.42 bits per heavy atom. The lowest BCUT2D eigenvalue weighted by Gasteiger charge is -2.28. The van der Waals surface area contributed by atoms with Crippen molar-refractivity contribution >= 4 is 18.2 Å². The highest BCUT2D eigenvalue weighted by Gasteiger charge is 2.20. The molecule has 0 aromatic heterocycles. The van der Waals surface area contributed by atoms with Crippen molar-refractivity contribution in [2.24, 2.45) is 5.92 Å². The van der Waals surface area contributed by atoms with Crippen molar-refractivity contribution in [1.29, 1.82) is 0 Å². The number of morpholine rings is 1. The first kappa shape index (κ1) is 16.1. The first-order valence-electron chi connectivity index (χ1n) is 6.26. The van der Waals surface area contributed by atoms with E-state index in [9.17, 15) is 9.18 Å². The summed E-state index contributed by atoms with van der Waals surface area (Å²) in [6, 6.07) is 5.90. The number of carbonyl (C=O) groups is 1. The fraction of sp³-hybridized carbons (Fsp3) is 0.500. The van der Waals surface area contributed by atoms with Gasteiger partial charge in [0, 0.05) is 31.1 Å². The van der Waals surface area contributed by atoms with Gasteiger partial charge >= 0.3 is 0 Å². The third kappa shape index (κ3) is 4.56. The molecule has 0 aliphatic carbocycles. The van der Waals surface area contributed by atoms with Crippen LogP contribution in [0.3, 0.4) is 0 Å². The van der Waals surface area contributed by atoms with Gasteiger partial charge in [-0.1, -0.05) is 19.1 Å². The fourth-order valence-electron chi connectivity index (χ4n) is 2.18. The maximum atomic E-state index is 13.1. The summed E-state index contributed by atoms with van der Waals surface area (Å²) in [5.74, 6) is -0.481. The van der Waals surface area contributed by atoms with Crippen LogP contribution in [0, 0.1) is 11.7 Å². The minimum absolute atomic E-state index is 0. The van der Waals surface area contributed by atoms with Gasteiger partial charge in [0.2, 0.25) is 0 Å². The molecule has 1 atom stereocenters. The van der Waals surface area contributed by atoms with Crippen LogP contribution in [0.25, 0.3) is 0 Å². The minimum atomic E-state index is -0.362. The topological polar surface area (TPSA) is 29.5 Å². The third-order valence-electron chi connectivity index (χ3n) is 3.19. The van der Waals surface area contributed by atoms with E-state index in [2.05, 4.69) is 4.90 Å². The van der Waals surface area contributed by atoms with Gasteiger partial charge in [-0.15, -0.1) is 12.4 Å². The zero-order chi connectivity index (χ0) is 13.0. The molecule has 19 heavy (non-hydrogen) atoms. The number of ketones is 1. The summed E-state index contributed by atoms with van der Waals surface area (Å²) >= 11 is 0. The Morgan fingerprint density at radius 3 is 2.74 bits per heavy atom. The molecule has 3 nitrogen and oxygen atoms in total. The predicted octanol–water partition coefficient (Wildman–Crippen LogP) is 2.40. The number of rotatable bonds is 4. The van der Waals surface area contributed by atoms with E-state index >= 15 is 0 Å². The van der Waals surface area contributed by atoms with Gasteiger partial charge < -0.3 is 4.74 Å². The summed E-state index contributed by atoms with van der Waals surface area (Å²) in [4.78, 5) is 14.4. The molecule has 0 bridgehead atoms. The number of benzene rings is 1. The van der Waals surface area contributed by atoms with Crippen LogP contribution in [0.5, 0.6) is 0 Å². The van der Waals surface area contributed by atoms with E-state index in [1.807, 2.05) is 6.92 Å². The second-order valence-corrected chi connectivity index (χ2v) is 4.69. The molecule has 1 heterocycles. The van der Waals surface area contributed by atoms with Gasteiger partial charge in [-0.2, -0.15) is 0 Å². The molecule has 5 heteroatoms. The minimum Gasteiger partial charge on any atom is -0.379 e. The van der Waals surface area contributed by atoms with Crippen LogP contribution in [0.15, 0.2) is 24.3 Å². The Balaban J connectivity index is 0.00000180. The van der Waals surface area contributed by atoms with E-state index < -0.39 is 0 Å². The van der Waals surface area contributed by atoms with Crippen molar-refractivity contribution in [2.75, 3.05) is 32.8 Å². The summed E-state index contributed by atoms with van der Waals surface area (Å²) in [6.07, 6.45) is 0. The second kappa shape index (κ2) is 7.58. The summed E-state index contributed by atoms with van der Waals surface area (Å²) < 4.78 is 18.3. The van der Waals surface area contributed by atoms with Crippen LogP contribution in [0.1, 0.15) is 17.3 Å². The number of hydrogen-bond acceptors (Lipinski definition) is 3.